The van der Waals surface area contributed by atoms with E-state index in [1.165, 1.54) is 18.5 Å². The molecule has 20 heavy (non-hydrogen) atoms. The van der Waals surface area contributed by atoms with Crippen molar-refractivity contribution in [2.75, 3.05) is 32.7 Å². The fourth-order valence-corrected chi connectivity index (χ4v) is 2.31. The third-order valence-electron chi connectivity index (χ3n) is 3.31. The quantitative estimate of drug-likeness (QED) is 0.741. The van der Waals surface area contributed by atoms with Gasteiger partial charge in [0.2, 0.25) is 5.91 Å². The Kier molecular flexibility index (Phi) is 4.52. The third-order valence-corrected chi connectivity index (χ3v) is 3.31. The van der Waals surface area contributed by atoms with Gasteiger partial charge in [-0.1, -0.05) is 0 Å². The van der Waals surface area contributed by atoms with Crippen LogP contribution < -0.4 is 11.2 Å². The van der Waals surface area contributed by atoms with E-state index >= 15 is 0 Å². The molecule has 0 radical (unpaired) electrons. The SMILES string of the molecule is NC(=O)CN1CCCN(C(=O)c2c[nH]ccc2=O)CC1. The van der Waals surface area contributed by atoms with Crippen LogP contribution in [0.4, 0.5) is 0 Å². The number of nitrogens with zero attached hydrogens (tertiary/aromatic N) is 2. The van der Waals surface area contributed by atoms with Crippen LogP contribution in [0.15, 0.2) is 23.3 Å². The van der Waals surface area contributed by atoms with E-state index in [0.29, 0.717) is 19.6 Å². The predicted molar refractivity (Wildman–Crippen MR) is 73.2 cm³/mol. The first-order valence-electron chi connectivity index (χ1n) is 6.55. The van der Waals surface area contributed by atoms with Gasteiger partial charge in [0.1, 0.15) is 5.56 Å². The molecule has 3 N–H and O–H groups in total. The lowest BCUT2D eigenvalue weighted by atomic mass is 10.2. The molecule has 0 saturated carbocycles. The van der Waals surface area contributed by atoms with Crippen LogP contribution in [0.2, 0.25) is 0 Å². The molecule has 1 fully saturated rings. The fourth-order valence-electron chi connectivity index (χ4n) is 2.31. The number of primary amides is 1. The topological polar surface area (TPSA) is 99.5 Å². The van der Waals surface area contributed by atoms with Gasteiger partial charge in [0.25, 0.3) is 5.91 Å². The maximum Gasteiger partial charge on any atom is 0.259 e. The van der Waals surface area contributed by atoms with Crippen molar-refractivity contribution in [2.24, 2.45) is 5.73 Å². The zero-order chi connectivity index (χ0) is 14.5. The highest BCUT2D eigenvalue weighted by Crippen LogP contribution is 2.06. The molecule has 0 unspecified atom stereocenters. The van der Waals surface area contributed by atoms with Crippen molar-refractivity contribution >= 4 is 11.8 Å². The fraction of sp³-hybridized carbons (Fsp3) is 0.462. The molecule has 1 aliphatic heterocycles. The predicted octanol–water partition coefficient (Wildman–Crippen LogP) is -0.992. The summed E-state index contributed by atoms with van der Waals surface area (Å²) in [6, 6.07) is 1.34. The number of nitrogens with two attached hydrogens (primary N) is 1. The summed E-state index contributed by atoms with van der Waals surface area (Å²) in [5.74, 6) is -0.642. The normalized spacial score (nSPS) is 16.7. The molecule has 0 atom stereocenters. The molecular formula is C13H18N4O3. The van der Waals surface area contributed by atoms with Gasteiger partial charge in [-0.15, -0.1) is 0 Å². The molecule has 1 aromatic heterocycles. The number of hydrogen-bond donors (Lipinski definition) is 2. The average molecular weight is 278 g/mol. The van der Waals surface area contributed by atoms with Crippen molar-refractivity contribution in [3.05, 3.63) is 34.2 Å². The Morgan fingerprint density at radius 3 is 2.75 bits per heavy atom. The van der Waals surface area contributed by atoms with E-state index in [9.17, 15) is 14.4 Å². The molecule has 2 heterocycles. The second-order valence-electron chi connectivity index (χ2n) is 4.81. The van der Waals surface area contributed by atoms with Crippen molar-refractivity contribution in [2.45, 2.75) is 6.42 Å². The Balaban J connectivity index is 2.04. The number of rotatable bonds is 3. The van der Waals surface area contributed by atoms with E-state index < -0.39 is 0 Å². The number of nitrogens with one attached hydrogen (secondary N) is 1. The number of aromatic amines is 1. The second-order valence-corrected chi connectivity index (χ2v) is 4.81. The summed E-state index contributed by atoms with van der Waals surface area (Å²) in [4.78, 5) is 41.2. The molecule has 1 aromatic rings. The van der Waals surface area contributed by atoms with Crippen LogP contribution in [0.5, 0.6) is 0 Å². The molecule has 7 nitrogen and oxygen atoms in total. The molecule has 2 amide bonds. The van der Waals surface area contributed by atoms with Crippen LogP contribution in [0.3, 0.4) is 0 Å². The highest BCUT2D eigenvalue weighted by Gasteiger charge is 2.22. The van der Waals surface area contributed by atoms with E-state index in [0.717, 1.165) is 13.0 Å². The molecule has 0 aromatic carbocycles. The minimum Gasteiger partial charge on any atom is -0.369 e. The van der Waals surface area contributed by atoms with Crippen molar-refractivity contribution in [3.63, 3.8) is 0 Å². The van der Waals surface area contributed by atoms with Crippen LogP contribution in [0, 0.1) is 0 Å². The minimum absolute atomic E-state index is 0.149. The number of amides is 2. The zero-order valence-corrected chi connectivity index (χ0v) is 11.2. The van der Waals surface area contributed by atoms with Gasteiger partial charge in [-0.3, -0.25) is 19.3 Å². The largest absolute Gasteiger partial charge is 0.369 e. The number of pyridine rings is 1. The van der Waals surface area contributed by atoms with Gasteiger partial charge in [0, 0.05) is 44.6 Å². The summed E-state index contributed by atoms with van der Waals surface area (Å²) in [6.07, 6.45) is 3.68. The highest BCUT2D eigenvalue weighted by molar-refractivity contribution is 5.93. The van der Waals surface area contributed by atoms with Crippen LogP contribution in [-0.2, 0) is 4.79 Å². The molecule has 1 aliphatic rings. The number of carbonyl (C=O) groups is 2. The Labute approximate surface area is 116 Å². The van der Waals surface area contributed by atoms with Gasteiger partial charge in [-0.05, 0) is 6.42 Å². The Morgan fingerprint density at radius 2 is 2.05 bits per heavy atom. The monoisotopic (exact) mass is 278 g/mol. The summed E-state index contributed by atoms with van der Waals surface area (Å²) in [5, 5.41) is 0. The van der Waals surface area contributed by atoms with Gasteiger partial charge in [-0.25, -0.2) is 0 Å². The van der Waals surface area contributed by atoms with E-state index in [1.54, 1.807) is 4.90 Å². The Morgan fingerprint density at radius 1 is 1.25 bits per heavy atom. The molecule has 7 heteroatoms. The first kappa shape index (κ1) is 14.3. The van der Waals surface area contributed by atoms with Gasteiger partial charge in [0.05, 0.1) is 6.54 Å². The summed E-state index contributed by atoms with van der Waals surface area (Å²) in [5.41, 5.74) is 5.04. The zero-order valence-electron chi connectivity index (χ0n) is 11.2. The van der Waals surface area contributed by atoms with E-state index in [1.807, 2.05) is 4.90 Å². The van der Waals surface area contributed by atoms with Gasteiger partial charge >= 0.3 is 0 Å². The van der Waals surface area contributed by atoms with Gasteiger partial charge < -0.3 is 15.6 Å². The van der Waals surface area contributed by atoms with Crippen molar-refractivity contribution in [1.82, 2.24) is 14.8 Å². The smallest absolute Gasteiger partial charge is 0.259 e. The first-order valence-corrected chi connectivity index (χ1v) is 6.55. The summed E-state index contributed by atoms with van der Waals surface area (Å²) < 4.78 is 0. The highest BCUT2D eigenvalue weighted by atomic mass is 16.2. The average Bonchev–Trinajstić information content (AvgIpc) is 2.63. The van der Waals surface area contributed by atoms with Crippen LogP contribution in [0.1, 0.15) is 16.8 Å². The molecule has 0 aliphatic carbocycles. The molecule has 0 bridgehead atoms. The van der Waals surface area contributed by atoms with Crippen LogP contribution in [0.25, 0.3) is 0 Å². The minimum atomic E-state index is -0.371. The van der Waals surface area contributed by atoms with Crippen molar-refractivity contribution in [3.8, 4) is 0 Å². The number of carbonyl (C=O) groups excluding carboxylic acids is 2. The van der Waals surface area contributed by atoms with Gasteiger partial charge in [0.15, 0.2) is 5.43 Å². The van der Waals surface area contributed by atoms with E-state index in [4.69, 9.17) is 5.73 Å². The summed E-state index contributed by atoms with van der Waals surface area (Å²) in [7, 11) is 0. The first-order chi connectivity index (χ1) is 9.58. The molecule has 0 spiro atoms. The molecule has 108 valence electrons. The number of aromatic nitrogens is 1. The third kappa shape index (κ3) is 3.45. The lowest BCUT2D eigenvalue weighted by Crippen LogP contribution is -2.39. The van der Waals surface area contributed by atoms with Crippen LogP contribution in [-0.4, -0.2) is 59.3 Å². The number of H-pyrrole nitrogens is 1. The van der Waals surface area contributed by atoms with E-state index in [-0.39, 0.29) is 29.4 Å². The maximum absolute atomic E-state index is 12.3. The van der Waals surface area contributed by atoms with Crippen molar-refractivity contribution < 1.29 is 9.59 Å². The lowest BCUT2D eigenvalue weighted by Gasteiger charge is -2.21. The molecule has 2 rings (SSSR count). The summed E-state index contributed by atoms with van der Waals surface area (Å²) in [6.45, 7) is 2.56. The Bertz CT molecular complexity index is 555. The molecule has 1 saturated heterocycles. The van der Waals surface area contributed by atoms with Crippen molar-refractivity contribution in [1.29, 1.82) is 0 Å². The summed E-state index contributed by atoms with van der Waals surface area (Å²) >= 11 is 0. The maximum atomic E-state index is 12.3. The second kappa shape index (κ2) is 6.33. The van der Waals surface area contributed by atoms with Gasteiger partial charge in [-0.2, -0.15) is 0 Å². The Hall–Kier alpha value is -2.15. The lowest BCUT2D eigenvalue weighted by molar-refractivity contribution is -0.119. The van der Waals surface area contributed by atoms with Crippen LogP contribution >= 0.6 is 0 Å². The molecular weight excluding hydrogens is 260 g/mol. The standard InChI is InChI=1S/C13H18N4O3/c14-12(19)9-16-4-1-5-17(7-6-16)13(20)10-8-15-3-2-11(10)18/h2-3,8H,1,4-7,9H2,(H2,14,19)(H,15,18). The number of hydrogen-bond acceptors (Lipinski definition) is 4. The van der Waals surface area contributed by atoms with E-state index in [2.05, 4.69) is 4.98 Å².